The number of hydrogen-bond acceptors (Lipinski definition) is 3. The van der Waals surface area contributed by atoms with E-state index in [-0.39, 0.29) is 5.91 Å². The summed E-state index contributed by atoms with van der Waals surface area (Å²) in [5, 5.41) is 1.18. The van der Waals surface area contributed by atoms with Crippen molar-refractivity contribution >= 4 is 40.7 Å². The molecule has 7 heteroatoms. The van der Waals surface area contributed by atoms with Crippen LogP contribution in [0.4, 0.5) is 0 Å². The second kappa shape index (κ2) is 7.69. The summed E-state index contributed by atoms with van der Waals surface area (Å²) in [4.78, 5) is 10.9. The Morgan fingerprint density at radius 2 is 1.83 bits per heavy atom. The molecule has 3 N–H and O–H groups in total. The molecule has 1 aromatic carbocycles. The highest BCUT2D eigenvalue weighted by Crippen LogP contribution is 2.33. The minimum absolute atomic E-state index is 0.192. The van der Waals surface area contributed by atoms with E-state index in [1.807, 2.05) is 0 Å². The van der Waals surface area contributed by atoms with Gasteiger partial charge in [-0.1, -0.05) is 34.8 Å². The van der Waals surface area contributed by atoms with Crippen molar-refractivity contribution in [2.75, 3.05) is 6.61 Å². The molecule has 0 bridgehead atoms. The molecule has 0 aliphatic rings. The summed E-state index contributed by atoms with van der Waals surface area (Å²) in [6.45, 7) is 0.440. The maximum absolute atomic E-state index is 10.9. The van der Waals surface area contributed by atoms with Gasteiger partial charge in [-0.15, -0.1) is 0 Å². The molecule has 18 heavy (non-hydrogen) atoms. The molecule has 0 saturated carbocycles. The lowest BCUT2D eigenvalue weighted by Gasteiger charge is -2.09. The number of hydrogen-bond donors (Lipinski definition) is 2. The molecule has 0 spiro atoms. The van der Waals surface area contributed by atoms with Crippen LogP contribution in [0.1, 0.15) is 19.3 Å². The molecule has 1 amide bonds. The fourth-order valence-electron chi connectivity index (χ4n) is 1.26. The molecule has 0 aliphatic carbocycles. The maximum Gasteiger partial charge on any atom is 0.233 e. The first-order chi connectivity index (χ1) is 8.54. The summed E-state index contributed by atoms with van der Waals surface area (Å²) in [7, 11) is 0. The van der Waals surface area contributed by atoms with E-state index in [1.54, 1.807) is 6.07 Å². The Balaban J connectivity index is 2.36. The van der Waals surface area contributed by atoms with Gasteiger partial charge in [-0.05, 0) is 18.9 Å². The van der Waals surface area contributed by atoms with E-state index in [9.17, 15) is 4.79 Å². The third kappa shape index (κ3) is 4.90. The summed E-state index contributed by atoms with van der Waals surface area (Å²) in [6, 6.07) is 3.10. The van der Waals surface area contributed by atoms with Gasteiger partial charge in [0.15, 0.2) is 0 Å². The van der Waals surface area contributed by atoms with Crippen LogP contribution in [0.25, 0.3) is 0 Å². The average Bonchev–Trinajstić information content (AvgIpc) is 2.34. The maximum atomic E-state index is 10.9. The second-order valence-electron chi connectivity index (χ2n) is 3.57. The Kier molecular flexibility index (Phi) is 6.57. The van der Waals surface area contributed by atoms with E-state index in [0.29, 0.717) is 46.7 Å². The van der Waals surface area contributed by atoms with E-state index in [0.717, 1.165) is 0 Å². The first kappa shape index (κ1) is 15.4. The van der Waals surface area contributed by atoms with Gasteiger partial charge >= 0.3 is 0 Å². The first-order valence-corrected chi connectivity index (χ1v) is 6.44. The van der Waals surface area contributed by atoms with E-state index in [4.69, 9.17) is 45.4 Å². The Morgan fingerprint density at radius 1 is 1.17 bits per heavy atom. The zero-order valence-electron chi connectivity index (χ0n) is 9.51. The highest BCUT2D eigenvalue weighted by Gasteiger charge is 2.07. The van der Waals surface area contributed by atoms with Crippen molar-refractivity contribution in [1.82, 2.24) is 5.43 Å². The highest BCUT2D eigenvalue weighted by molar-refractivity contribution is 6.43. The summed E-state index contributed by atoms with van der Waals surface area (Å²) in [5.41, 5.74) is 2.06. The molecule has 1 rings (SSSR count). The molecule has 0 radical (unpaired) electrons. The Morgan fingerprint density at radius 3 is 2.50 bits per heavy atom. The molecule has 0 aromatic heterocycles. The van der Waals surface area contributed by atoms with Gasteiger partial charge in [0, 0.05) is 12.5 Å². The molecule has 0 saturated heterocycles. The number of amides is 1. The molecule has 4 nitrogen and oxygen atoms in total. The molecule has 0 aliphatic heterocycles. The predicted molar refractivity (Wildman–Crippen MR) is 73.1 cm³/mol. The zero-order chi connectivity index (χ0) is 13.5. The van der Waals surface area contributed by atoms with E-state index in [1.165, 1.54) is 6.07 Å². The van der Waals surface area contributed by atoms with Crippen LogP contribution in [-0.2, 0) is 4.79 Å². The normalized spacial score (nSPS) is 10.2. The third-order valence-electron chi connectivity index (χ3n) is 2.19. The van der Waals surface area contributed by atoms with Crippen LogP contribution in [0.3, 0.4) is 0 Å². The summed E-state index contributed by atoms with van der Waals surface area (Å²) in [5.74, 6) is 5.24. The molecule has 0 unspecified atom stereocenters. The quantitative estimate of drug-likeness (QED) is 0.279. The van der Waals surface area contributed by atoms with Crippen molar-refractivity contribution in [3.05, 3.63) is 27.2 Å². The third-order valence-corrected chi connectivity index (χ3v) is 3.21. The summed E-state index contributed by atoms with van der Waals surface area (Å²) < 4.78 is 5.45. The van der Waals surface area contributed by atoms with E-state index >= 15 is 0 Å². The van der Waals surface area contributed by atoms with Crippen LogP contribution in [0, 0.1) is 0 Å². The molecular weight excluding hydrogens is 298 g/mol. The van der Waals surface area contributed by atoms with Crippen LogP contribution in [0.5, 0.6) is 5.75 Å². The predicted octanol–water partition coefficient (Wildman–Crippen LogP) is 3.19. The largest absolute Gasteiger partial charge is 0.492 e. The van der Waals surface area contributed by atoms with Crippen LogP contribution in [0.2, 0.25) is 15.1 Å². The smallest absolute Gasteiger partial charge is 0.233 e. The molecule has 0 atom stereocenters. The molecule has 1 aromatic rings. The van der Waals surface area contributed by atoms with Gasteiger partial charge in [-0.3, -0.25) is 10.2 Å². The van der Waals surface area contributed by atoms with Crippen LogP contribution in [0.15, 0.2) is 12.1 Å². The Bertz CT molecular complexity index is 427. The Hall–Kier alpha value is -0.680. The van der Waals surface area contributed by atoms with Crippen LogP contribution in [-0.4, -0.2) is 12.5 Å². The highest BCUT2D eigenvalue weighted by atomic mass is 35.5. The average molecular weight is 312 g/mol. The molecule has 0 heterocycles. The van der Waals surface area contributed by atoms with Crippen LogP contribution < -0.4 is 16.0 Å². The minimum atomic E-state index is -0.192. The lowest BCUT2D eigenvalue weighted by atomic mass is 10.2. The first-order valence-electron chi connectivity index (χ1n) is 5.31. The topological polar surface area (TPSA) is 64.3 Å². The van der Waals surface area contributed by atoms with Crippen LogP contribution >= 0.6 is 34.8 Å². The number of benzene rings is 1. The second-order valence-corrected chi connectivity index (χ2v) is 4.79. The van der Waals surface area contributed by atoms with Crippen molar-refractivity contribution in [2.24, 2.45) is 5.84 Å². The number of nitrogens with two attached hydrogens (primary N) is 1. The number of unbranched alkanes of at least 4 members (excludes halogenated alkanes) is 1. The number of carbonyl (C=O) groups is 1. The van der Waals surface area contributed by atoms with Crippen molar-refractivity contribution in [3.8, 4) is 5.75 Å². The lowest BCUT2D eigenvalue weighted by molar-refractivity contribution is -0.121. The summed E-state index contributed by atoms with van der Waals surface area (Å²) >= 11 is 17.6. The SMILES string of the molecule is NNC(=O)CCCCOc1cc(Cl)c(Cl)cc1Cl. The number of rotatable bonds is 6. The van der Waals surface area contributed by atoms with Gasteiger partial charge in [-0.25, -0.2) is 5.84 Å². The number of nitrogens with one attached hydrogen (secondary N) is 1. The number of halogens is 3. The fourth-order valence-corrected chi connectivity index (χ4v) is 1.85. The van der Waals surface area contributed by atoms with Gasteiger partial charge in [0.1, 0.15) is 5.75 Å². The van der Waals surface area contributed by atoms with Crippen molar-refractivity contribution in [3.63, 3.8) is 0 Å². The van der Waals surface area contributed by atoms with Gasteiger partial charge in [-0.2, -0.15) is 0 Å². The molecule has 100 valence electrons. The van der Waals surface area contributed by atoms with E-state index < -0.39 is 0 Å². The van der Waals surface area contributed by atoms with Crippen molar-refractivity contribution in [1.29, 1.82) is 0 Å². The standard InChI is InChI=1S/C11H13Cl3N2O2/c12-7-5-9(14)10(6-8(7)13)18-4-2-1-3-11(17)16-15/h5-6H,1-4,15H2,(H,16,17). The number of hydrazine groups is 1. The Labute approximate surface area is 120 Å². The van der Waals surface area contributed by atoms with Gasteiger partial charge in [0.25, 0.3) is 0 Å². The number of ether oxygens (including phenoxy) is 1. The van der Waals surface area contributed by atoms with Crippen molar-refractivity contribution < 1.29 is 9.53 Å². The van der Waals surface area contributed by atoms with E-state index in [2.05, 4.69) is 5.43 Å². The molecular formula is C11H13Cl3N2O2. The number of carbonyl (C=O) groups excluding carboxylic acids is 1. The van der Waals surface area contributed by atoms with Crippen molar-refractivity contribution in [2.45, 2.75) is 19.3 Å². The lowest BCUT2D eigenvalue weighted by Crippen LogP contribution is -2.29. The fraction of sp³-hybridized carbons (Fsp3) is 0.364. The monoisotopic (exact) mass is 310 g/mol. The summed E-state index contributed by atoms with van der Waals surface area (Å²) in [6.07, 6.45) is 1.76. The zero-order valence-corrected chi connectivity index (χ0v) is 11.8. The van der Waals surface area contributed by atoms with Gasteiger partial charge in [0.05, 0.1) is 21.7 Å². The van der Waals surface area contributed by atoms with Gasteiger partial charge in [0.2, 0.25) is 5.91 Å². The van der Waals surface area contributed by atoms with Gasteiger partial charge < -0.3 is 4.74 Å². The molecule has 0 fully saturated rings. The minimum Gasteiger partial charge on any atom is -0.492 e.